The molecule has 1 heterocycles. The minimum atomic E-state index is -0.861. The van der Waals surface area contributed by atoms with Gasteiger partial charge in [-0.3, -0.25) is 14.9 Å². The van der Waals surface area contributed by atoms with Crippen molar-refractivity contribution in [2.75, 3.05) is 25.7 Å². The summed E-state index contributed by atoms with van der Waals surface area (Å²) in [5.41, 5.74) is 0.401. The van der Waals surface area contributed by atoms with Crippen LogP contribution in [-0.2, 0) is 9.59 Å². The van der Waals surface area contributed by atoms with Gasteiger partial charge in [0, 0.05) is 0 Å². The number of rotatable bonds is 6. The molecular weight excluding hydrogens is 412 g/mol. The number of nitrogens with one attached hydrogen (secondary N) is 1. The maximum Gasteiger partial charge on any atom is 0.336 e. The highest BCUT2D eigenvalue weighted by Crippen LogP contribution is 2.37. The van der Waals surface area contributed by atoms with Crippen molar-refractivity contribution >= 4 is 41.2 Å². The molecule has 2 aromatic rings. The molecule has 0 bridgehead atoms. The zero-order chi connectivity index (χ0) is 21.8. The first kappa shape index (κ1) is 21.2. The molecule has 9 heteroatoms. The number of halogens is 1. The number of anilines is 1. The van der Waals surface area contributed by atoms with E-state index in [9.17, 15) is 14.4 Å². The second kappa shape index (κ2) is 8.87. The van der Waals surface area contributed by atoms with Crippen LogP contribution in [0.5, 0.6) is 17.2 Å². The first-order chi connectivity index (χ1) is 14.4. The average molecular weight is 431 g/mol. The minimum Gasteiger partial charge on any atom is -0.493 e. The number of methoxy groups -OCH3 is 2. The molecule has 3 rings (SSSR count). The van der Waals surface area contributed by atoms with Crippen molar-refractivity contribution in [2.45, 2.75) is 6.92 Å². The molecule has 0 aromatic heterocycles. The fourth-order valence-corrected chi connectivity index (χ4v) is 3.28. The van der Waals surface area contributed by atoms with Crippen molar-refractivity contribution in [1.82, 2.24) is 5.32 Å². The van der Waals surface area contributed by atoms with Crippen molar-refractivity contribution in [2.24, 2.45) is 0 Å². The van der Waals surface area contributed by atoms with Crippen LogP contribution in [0.2, 0.25) is 5.02 Å². The first-order valence-corrected chi connectivity index (χ1v) is 9.33. The van der Waals surface area contributed by atoms with Gasteiger partial charge in [0.05, 0.1) is 31.5 Å². The number of urea groups is 1. The first-order valence-electron chi connectivity index (χ1n) is 8.96. The molecule has 2 aromatic carbocycles. The van der Waals surface area contributed by atoms with Crippen LogP contribution in [-0.4, -0.2) is 38.7 Å². The molecule has 0 aliphatic carbocycles. The van der Waals surface area contributed by atoms with Crippen molar-refractivity contribution < 1.29 is 28.6 Å². The summed E-state index contributed by atoms with van der Waals surface area (Å²) in [5, 5.41) is 2.42. The van der Waals surface area contributed by atoms with Gasteiger partial charge < -0.3 is 14.2 Å². The van der Waals surface area contributed by atoms with Gasteiger partial charge in [-0.15, -0.1) is 0 Å². The zero-order valence-electron chi connectivity index (χ0n) is 16.5. The van der Waals surface area contributed by atoms with E-state index in [-0.39, 0.29) is 16.3 Å². The number of hydrogen-bond acceptors (Lipinski definition) is 6. The van der Waals surface area contributed by atoms with Crippen LogP contribution in [0.25, 0.3) is 6.08 Å². The molecule has 4 amide bonds. The van der Waals surface area contributed by atoms with E-state index in [0.717, 1.165) is 4.90 Å². The number of barbiturate groups is 1. The lowest BCUT2D eigenvalue weighted by atomic mass is 10.1. The fraction of sp³-hybridized carbons (Fsp3) is 0.190. The molecular formula is C21H19ClN2O6. The second-order valence-corrected chi connectivity index (χ2v) is 6.50. The van der Waals surface area contributed by atoms with Gasteiger partial charge in [-0.2, -0.15) is 0 Å². The Kier molecular flexibility index (Phi) is 6.27. The number of nitrogens with zero attached hydrogens (tertiary/aromatic N) is 1. The zero-order valence-corrected chi connectivity index (χ0v) is 17.3. The lowest BCUT2D eigenvalue weighted by molar-refractivity contribution is -0.122. The van der Waals surface area contributed by atoms with E-state index in [1.807, 2.05) is 0 Å². The Labute approximate surface area is 178 Å². The van der Waals surface area contributed by atoms with Crippen LogP contribution in [0.3, 0.4) is 0 Å². The van der Waals surface area contributed by atoms with Crippen molar-refractivity contribution in [1.29, 1.82) is 0 Å². The van der Waals surface area contributed by atoms with Gasteiger partial charge in [0.2, 0.25) is 0 Å². The Morgan fingerprint density at radius 3 is 2.47 bits per heavy atom. The Morgan fingerprint density at radius 2 is 1.80 bits per heavy atom. The molecule has 1 aliphatic heterocycles. The predicted molar refractivity (Wildman–Crippen MR) is 111 cm³/mol. The summed E-state index contributed by atoms with van der Waals surface area (Å²) in [4.78, 5) is 38.8. The molecule has 8 nitrogen and oxygen atoms in total. The number of para-hydroxylation sites is 2. The number of amides is 4. The summed E-state index contributed by atoms with van der Waals surface area (Å²) < 4.78 is 15.9. The Hall–Kier alpha value is -3.52. The second-order valence-electron chi connectivity index (χ2n) is 6.10. The van der Waals surface area contributed by atoms with Crippen LogP contribution >= 0.6 is 11.6 Å². The number of imide groups is 2. The third-order valence-electron chi connectivity index (χ3n) is 4.27. The largest absolute Gasteiger partial charge is 0.493 e. The summed E-state index contributed by atoms with van der Waals surface area (Å²) >= 11 is 6.21. The highest BCUT2D eigenvalue weighted by Gasteiger charge is 2.38. The van der Waals surface area contributed by atoms with Crippen molar-refractivity contribution in [3.05, 3.63) is 52.6 Å². The molecule has 1 fully saturated rings. The summed E-state index contributed by atoms with van der Waals surface area (Å²) in [7, 11) is 2.88. The van der Waals surface area contributed by atoms with E-state index < -0.39 is 17.8 Å². The van der Waals surface area contributed by atoms with E-state index >= 15 is 0 Å². The summed E-state index contributed by atoms with van der Waals surface area (Å²) in [6.07, 6.45) is 1.33. The normalized spacial score (nSPS) is 15.3. The van der Waals surface area contributed by atoms with E-state index in [0.29, 0.717) is 29.4 Å². The topological polar surface area (TPSA) is 94.2 Å². The van der Waals surface area contributed by atoms with Gasteiger partial charge in [0.1, 0.15) is 11.3 Å². The van der Waals surface area contributed by atoms with Gasteiger partial charge in [0.15, 0.2) is 11.5 Å². The molecule has 1 N–H and O–H groups in total. The van der Waals surface area contributed by atoms with Gasteiger partial charge >= 0.3 is 6.03 Å². The number of carbonyl (C=O) groups is 3. The lowest BCUT2D eigenvalue weighted by Gasteiger charge is -2.27. The standard InChI is InChI=1S/C21H19ClN2O6/c1-4-30-16-8-6-5-7-15(16)24-20(26)13(19(25)23-21(24)27)9-12-10-14(22)18(29-3)17(11-12)28-2/h5-11H,4H2,1-3H3,(H,23,25,27)/b13-9+. The maximum atomic E-state index is 13.1. The van der Waals surface area contributed by atoms with Gasteiger partial charge in [-0.1, -0.05) is 23.7 Å². The highest BCUT2D eigenvalue weighted by atomic mass is 35.5. The minimum absolute atomic E-state index is 0.227. The van der Waals surface area contributed by atoms with Gasteiger partial charge in [-0.05, 0) is 42.8 Å². The molecule has 30 heavy (non-hydrogen) atoms. The smallest absolute Gasteiger partial charge is 0.336 e. The molecule has 1 aliphatic rings. The molecule has 0 saturated carbocycles. The quantitative estimate of drug-likeness (QED) is 0.557. The number of ether oxygens (including phenoxy) is 3. The summed E-state index contributed by atoms with van der Waals surface area (Å²) in [6, 6.07) is 8.79. The Bertz CT molecular complexity index is 1050. The predicted octanol–water partition coefficient (Wildman–Crippen LogP) is 3.42. The number of carbonyl (C=O) groups excluding carboxylic acids is 3. The van der Waals surface area contributed by atoms with Crippen LogP contribution in [0.4, 0.5) is 10.5 Å². The molecule has 0 unspecified atom stereocenters. The molecule has 0 atom stereocenters. The van der Waals surface area contributed by atoms with E-state index in [4.69, 9.17) is 25.8 Å². The van der Waals surface area contributed by atoms with Crippen LogP contribution in [0.15, 0.2) is 42.0 Å². The van der Waals surface area contributed by atoms with Gasteiger partial charge in [-0.25, -0.2) is 9.69 Å². The molecule has 0 spiro atoms. The molecule has 0 radical (unpaired) electrons. The van der Waals surface area contributed by atoms with Crippen molar-refractivity contribution in [3.8, 4) is 17.2 Å². The van der Waals surface area contributed by atoms with Gasteiger partial charge in [0.25, 0.3) is 11.8 Å². The van der Waals surface area contributed by atoms with E-state index in [1.165, 1.54) is 26.4 Å². The summed E-state index contributed by atoms with van der Waals surface area (Å²) in [6.45, 7) is 2.12. The average Bonchev–Trinajstić information content (AvgIpc) is 2.72. The van der Waals surface area contributed by atoms with Crippen LogP contribution < -0.4 is 24.4 Å². The highest BCUT2D eigenvalue weighted by molar-refractivity contribution is 6.39. The number of benzene rings is 2. The SMILES string of the molecule is CCOc1ccccc1N1C(=O)NC(=O)/C(=C\c2cc(Cl)c(OC)c(OC)c2)C1=O. The number of hydrogen-bond donors (Lipinski definition) is 1. The monoisotopic (exact) mass is 430 g/mol. The molecule has 1 saturated heterocycles. The van der Waals surface area contributed by atoms with Crippen molar-refractivity contribution in [3.63, 3.8) is 0 Å². The Balaban J connectivity index is 2.07. The van der Waals surface area contributed by atoms with Crippen LogP contribution in [0, 0.1) is 0 Å². The third kappa shape index (κ3) is 3.95. The summed E-state index contributed by atoms with van der Waals surface area (Å²) in [5.74, 6) is -0.618. The molecule has 156 valence electrons. The van der Waals surface area contributed by atoms with Crippen LogP contribution in [0.1, 0.15) is 12.5 Å². The fourth-order valence-electron chi connectivity index (χ4n) is 2.98. The lowest BCUT2D eigenvalue weighted by Crippen LogP contribution is -2.54. The maximum absolute atomic E-state index is 13.1. The van der Waals surface area contributed by atoms with E-state index in [2.05, 4.69) is 5.32 Å². The van der Waals surface area contributed by atoms with E-state index in [1.54, 1.807) is 37.3 Å². The third-order valence-corrected chi connectivity index (χ3v) is 4.56. The Morgan fingerprint density at radius 1 is 1.07 bits per heavy atom.